The van der Waals surface area contributed by atoms with Gasteiger partial charge in [-0.2, -0.15) is 0 Å². The molecule has 1 aromatic heterocycles. The van der Waals surface area contributed by atoms with Crippen LogP contribution in [0.3, 0.4) is 0 Å². The summed E-state index contributed by atoms with van der Waals surface area (Å²) in [5.74, 6) is -1.11. The van der Waals surface area contributed by atoms with E-state index in [1.165, 1.54) is 18.2 Å². The van der Waals surface area contributed by atoms with Gasteiger partial charge in [0.2, 0.25) is 0 Å². The predicted octanol–water partition coefficient (Wildman–Crippen LogP) is 1.92. The number of carbonyl (C=O) groups is 2. The van der Waals surface area contributed by atoms with Gasteiger partial charge >= 0.3 is 0 Å². The molecular weight excluding hydrogens is 356 g/mol. The maximum Gasteiger partial charge on any atom is 0.269 e. The van der Waals surface area contributed by atoms with Crippen LogP contribution in [-0.4, -0.2) is 26.4 Å². The summed E-state index contributed by atoms with van der Waals surface area (Å²) >= 11 is 4.78. The number of non-ortho nitro benzene ring substituents is 1. The van der Waals surface area contributed by atoms with Crippen molar-refractivity contribution >= 4 is 40.9 Å². The lowest BCUT2D eigenvalue weighted by molar-refractivity contribution is -0.384. The fourth-order valence-electron chi connectivity index (χ4n) is 2.82. The van der Waals surface area contributed by atoms with Crippen LogP contribution in [0.1, 0.15) is 17.0 Å². The predicted molar refractivity (Wildman–Crippen MR) is 98.8 cm³/mol. The lowest BCUT2D eigenvalue weighted by atomic mass is 10.1. The van der Waals surface area contributed by atoms with Crippen molar-refractivity contribution in [2.45, 2.75) is 13.8 Å². The molecule has 0 atom stereocenters. The molecule has 0 aliphatic carbocycles. The van der Waals surface area contributed by atoms with Crippen molar-refractivity contribution in [2.24, 2.45) is 0 Å². The minimum atomic E-state index is -0.557. The molecule has 0 bridgehead atoms. The number of thiocarbonyl (C=S) groups is 1. The molecule has 1 fully saturated rings. The second-order valence-corrected chi connectivity index (χ2v) is 6.14. The highest BCUT2D eigenvalue weighted by Gasteiger charge is 2.26. The number of hydrogen-bond donors (Lipinski definition) is 2. The lowest BCUT2D eigenvalue weighted by Gasteiger charge is -2.16. The summed E-state index contributed by atoms with van der Waals surface area (Å²) in [7, 11) is 0. The zero-order valence-electron chi connectivity index (χ0n) is 13.9. The third kappa shape index (κ3) is 3.11. The number of nitrogens with zero attached hydrogens (tertiary/aromatic N) is 2. The Morgan fingerprint density at radius 1 is 1.12 bits per heavy atom. The summed E-state index contributed by atoms with van der Waals surface area (Å²) < 4.78 is 1.89. The molecule has 2 aromatic rings. The smallest absolute Gasteiger partial charge is 0.269 e. The molecule has 8 nitrogen and oxygen atoms in total. The zero-order chi connectivity index (χ0) is 19.0. The van der Waals surface area contributed by atoms with E-state index in [2.05, 4.69) is 10.6 Å². The van der Waals surface area contributed by atoms with Crippen LogP contribution in [0.5, 0.6) is 0 Å². The summed E-state index contributed by atoms with van der Waals surface area (Å²) in [5.41, 5.74) is 3.04. The highest BCUT2D eigenvalue weighted by atomic mass is 32.1. The first-order chi connectivity index (χ1) is 12.3. The Morgan fingerprint density at radius 2 is 1.69 bits per heavy atom. The monoisotopic (exact) mass is 370 g/mol. The zero-order valence-corrected chi connectivity index (χ0v) is 14.7. The molecule has 0 saturated carbocycles. The first-order valence-corrected chi connectivity index (χ1v) is 8.01. The summed E-state index contributed by atoms with van der Waals surface area (Å²) in [6.45, 7) is 3.70. The fraction of sp³-hybridized carbons (Fsp3) is 0.118. The number of benzene rings is 1. The topological polar surface area (TPSA) is 106 Å². The third-order valence-corrected chi connectivity index (χ3v) is 4.24. The van der Waals surface area contributed by atoms with Crippen molar-refractivity contribution in [2.75, 3.05) is 0 Å². The van der Waals surface area contributed by atoms with Crippen LogP contribution in [0.2, 0.25) is 0 Å². The Hall–Kier alpha value is -3.33. The Balaban J connectivity index is 2.02. The van der Waals surface area contributed by atoms with Gasteiger partial charge < -0.3 is 4.57 Å². The Kier molecular flexibility index (Phi) is 4.39. The largest absolute Gasteiger partial charge is 0.318 e. The highest BCUT2D eigenvalue weighted by Crippen LogP contribution is 2.24. The van der Waals surface area contributed by atoms with Gasteiger partial charge in [-0.25, -0.2) is 0 Å². The molecule has 1 aliphatic heterocycles. The molecule has 2 heterocycles. The maximum absolute atomic E-state index is 12.0. The number of nitro groups is 1. The third-order valence-electron chi connectivity index (χ3n) is 4.03. The summed E-state index contributed by atoms with van der Waals surface area (Å²) in [6.07, 6.45) is 1.50. The Labute approximate surface area is 153 Å². The van der Waals surface area contributed by atoms with E-state index in [0.29, 0.717) is 5.56 Å². The SMILES string of the molecule is Cc1cc(C=C2C(=O)NC(=S)NC2=O)c(C)n1-c1ccc([N+](=O)[O-])cc1. The number of nitrogens with one attached hydrogen (secondary N) is 2. The second-order valence-electron chi connectivity index (χ2n) is 5.73. The normalized spacial score (nSPS) is 14.1. The molecule has 26 heavy (non-hydrogen) atoms. The van der Waals surface area contributed by atoms with E-state index in [4.69, 9.17) is 12.2 Å². The van der Waals surface area contributed by atoms with Crippen molar-refractivity contribution in [3.63, 3.8) is 0 Å². The molecule has 0 spiro atoms. The number of rotatable bonds is 3. The minimum absolute atomic E-state index is 0.00469. The maximum atomic E-state index is 12.0. The second kappa shape index (κ2) is 6.52. The van der Waals surface area contributed by atoms with Crippen molar-refractivity contribution in [3.05, 3.63) is 63.0 Å². The van der Waals surface area contributed by atoms with Crippen LogP contribution in [0.25, 0.3) is 11.8 Å². The van der Waals surface area contributed by atoms with Crippen LogP contribution in [0.4, 0.5) is 5.69 Å². The van der Waals surface area contributed by atoms with Gasteiger partial charge in [0.05, 0.1) is 4.92 Å². The lowest BCUT2D eigenvalue weighted by Crippen LogP contribution is -2.51. The van der Waals surface area contributed by atoms with E-state index >= 15 is 0 Å². The van der Waals surface area contributed by atoms with Crippen molar-refractivity contribution in [1.29, 1.82) is 0 Å². The molecule has 2 amide bonds. The number of carbonyl (C=O) groups excluding carboxylic acids is 2. The van der Waals surface area contributed by atoms with Gasteiger partial charge in [0.15, 0.2) is 5.11 Å². The molecule has 132 valence electrons. The molecule has 3 rings (SSSR count). The van der Waals surface area contributed by atoms with Crippen LogP contribution in [-0.2, 0) is 9.59 Å². The number of nitro benzene ring substituents is 1. The number of hydrogen-bond acceptors (Lipinski definition) is 5. The van der Waals surface area contributed by atoms with E-state index in [9.17, 15) is 19.7 Å². The van der Waals surface area contributed by atoms with Crippen LogP contribution >= 0.6 is 12.2 Å². The van der Waals surface area contributed by atoms with Gasteiger partial charge in [-0.05, 0) is 55.9 Å². The van der Waals surface area contributed by atoms with Gasteiger partial charge in [-0.1, -0.05) is 0 Å². The number of amides is 2. The fourth-order valence-corrected chi connectivity index (χ4v) is 3.00. The van der Waals surface area contributed by atoms with Gasteiger partial charge in [-0.3, -0.25) is 30.3 Å². The van der Waals surface area contributed by atoms with Crippen molar-refractivity contribution in [3.8, 4) is 5.69 Å². The molecule has 0 radical (unpaired) electrons. The number of aromatic nitrogens is 1. The van der Waals surface area contributed by atoms with E-state index in [-0.39, 0.29) is 16.4 Å². The standard InChI is InChI=1S/C17H14N4O4S/c1-9-7-11(8-14-15(22)18-17(26)19-16(14)23)10(2)20(9)12-3-5-13(6-4-12)21(24)25/h3-8H,1-2H3,(H2,18,19,22,23,26). The molecule has 1 aliphatic rings. The van der Waals surface area contributed by atoms with Gasteiger partial charge in [0.25, 0.3) is 17.5 Å². The quantitative estimate of drug-likeness (QED) is 0.282. The average Bonchev–Trinajstić information content (AvgIpc) is 2.84. The number of aryl methyl sites for hydroxylation is 1. The van der Waals surface area contributed by atoms with Crippen LogP contribution in [0, 0.1) is 24.0 Å². The minimum Gasteiger partial charge on any atom is -0.318 e. The molecule has 1 saturated heterocycles. The summed E-state index contributed by atoms with van der Waals surface area (Å²) in [6, 6.07) is 7.98. The molecule has 9 heteroatoms. The first-order valence-electron chi connectivity index (χ1n) is 7.60. The highest BCUT2D eigenvalue weighted by molar-refractivity contribution is 7.80. The van der Waals surface area contributed by atoms with E-state index < -0.39 is 16.7 Å². The van der Waals surface area contributed by atoms with Crippen LogP contribution in [0.15, 0.2) is 35.9 Å². The van der Waals surface area contributed by atoms with E-state index in [0.717, 1.165) is 17.1 Å². The Morgan fingerprint density at radius 3 is 2.23 bits per heavy atom. The van der Waals surface area contributed by atoms with Crippen molar-refractivity contribution < 1.29 is 14.5 Å². The summed E-state index contributed by atoms with van der Waals surface area (Å²) in [5, 5.41) is 15.6. The first kappa shape index (κ1) is 17.5. The average molecular weight is 370 g/mol. The Bertz CT molecular complexity index is 967. The van der Waals surface area contributed by atoms with E-state index in [1.54, 1.807) is 12.1 Å². The van der Waals surface area contributed by atoms with Crippen molar-refractivity contribution in [1.82, 2.24) is 15.2 Å². The molecular formula is C17H14N4O4S. The summed E-state index contributed by atoms with van der Waals surface area (Å²) in [4.78, 5) is 34.3. The van der Waals surface area contributed by atoms with Gasteiger partial charge in [0.1, 0.15) is 5.57 Å². The molecule has 0 unspecified atom stereocenters. The molecule has 2 N–H and O–H groups in total. The molecule has 1 aromatic carbocycles. The van der Waals surface area contributed by atoms with E-state index in [1.807, 2.05) is 24.5 Å². The van der Waals surface area contributed by atoms with Gasteiger partial charge in [-0.15, -0.1) is 0 Å². The van der Waals surface area contributed by atoms with Crippen LogP contribution < -0.4 is 10.6 Å². The van der Waals surface area contributed by atoms with Gasteiger partial charge in [0, 0.05) is 29.2 Å².